The topological polar surface area (TPSA) is 46.3 Å². The lowest BCUT2D eigenvalue weighted by atomic mass is 10.1. The van der Waals surface area contributed by atoms with E-state index < -0.39 is 11.7 Å². The van der Waals surface area contributed by atoms with E-state index in [1.54, 1.807) is 24.5 Å². The van der Waals surface area contributed by atoms with Crippen LogP contribution in [0.3, 0.4) is 0 Å². The zero-order chi connectivity index (χ0) is 22.2. The third-order valence-electron chi connectivity index (χ3n) is 4.39. The molecular formula is C21H12ClF3N2O2S2. The number of aromatic nitrogens is 1. The molecule has 0 radical (unpaired) electrons. The van der Waals surface area contributed by atoms with E-state index in [-0.39, 0.29) is 22.3 Å². The van der Waals surface area contributed by atoms with Gasteiger partial charge in [-0.2, -0.15) is 13.2 Å². The van der Waals surface area contributed by atoms with Gasteiger partial charge in [0.1, 0.15) is 15.8 Å². The van der Waals surface area contributed by atoms with Gasteiger partial charge in [-0.15, -0.1) is 0 Å². The summed E-state index contributed by atoms with van der Waals surface area (Å²) < 4.78 is 45.4. The molecule has 4 rings (SSSR count). The largest absolute Gasteiger partial charge is 0.457 e. The lowest BCUT2D eigenvalue weighted by Gasteiger charge is -2.13. The van der Waals surface area contributed by atoms with Crippen LogP contribution in [0.4, 0.5) is 13.2 Å². The first-order chi connectivity index (χ1) is 14.7. The summed E-state index contributed by atoms with van der Waals surface area (Å²) in [4.78, 5) is 18.6. The van der Waals surface area contributed by atoms with Crippen LogP contribution in [-0.2, 0) is 17.5 Å². The number of thiocarbonyl (C=S) groups is 1. The van der Waals surface area contributed by atoms with Crippen molar-refractivity contribution in [1.29, 1.82) is 0 Å². The number of carbonyl (C=O) groups excluding carboxylic acids is 1. The molecule has 0 N–H and O–H groups in total. The van der Waals surface area contributed by atoms with E-state index in [0.717, 1.165) is 23.4 Å². The van der Waals surface area contributed by atoms with E-state index in [9.17, 15) is 18.0 Å². The van der Waals surface area contributed by atoms with Crippen molar-refractivity contribution in [2.75, 3.05) is 0 Å². The van der Waals surface area contributed by atoms with Gasteiger partial charge in [0, 0.05) is 24.0 Å². The molecular weight excluding hydrogens is 469 g/mol. The van der Waals surface area contributed by atoms with Crippen molar-refractivity contribution in [1.82, 2.24) is 9.88 Å². The highest BCUT2D eigenvalue weighted by Gasteiger charge is 2.34. The van der Waals surface area contributed by atoms with Crippen molar-refractivity contribution >= 4 is 51.9 Å². The Bertz CT molecular complexity index is 1190. The van der Waals surface area contributed by atoms with Crippen LogP contribution < -0.4 is 0 Å². The molecule has 3 aromatic rings. The summed E-state index contributed by atoms with van der Waals surface area (Å²) >= 11 is 12.1. The highest BCUT2D eigenvalue weighted by Crippen LogP contribution is 2.38. The summed E-state index contributed by atoms with van der Waals surface area (Å²) in [6.45, 7) is 0.296. The lowest BCUT2D eigenvalue weighted by molar-refractivity contribution is -0.137. The van der Waals surface area contributed by atoms with E-state index in [1.165, 1.54) is 29.2 Å². The number of alkyl halides is 3. The number of rotatable bonds is 4. The van der Waals surface area contributed by atoms with E-state index in [1.807, 2.05) is 6.07 Å². The number of benzene rings is 1. The maximum absolute atomic E-state index is 13.1. The van der Waals surface area contributed by atoms with Crippen molar-refractivity contribution in [3.05, 3.63) is 81.7 Å². The maximum atomic E-state index is 13.1. The van der Waals surface area contributed by atoms with Gasteiger partial charge in [0.2, 0.25) is 0 Å². The minimum atomic E-state index is -4.58. The summed E-state index contributed by atoms with van der Waals surface area (Å²) in [5.41, 5.74) is 0.116. The Morgan fingerprint density at radius 3 is 2.74 bits per heavy atom. The summed E-state index contributed by atoms with van der Waals surface area (Å²) in [5.74, 6) is 0.266. The number of nitrogens with zero attached hydrogens (tertiary/aromatic N) is 2. The van der Waals surface area contributed by atoms with Gasteiger partial charge in [0.05, 0.1) is 22.0 Å². The number of thioether (sulfide) groups is 1. The quantitative estimate of drug-likeness (QED) is 0.319. The van der Waals surface area contributed by atoms with Gasteiger partial charge in [-0.25, -0.2) is 0 Å². The van der Waals surface area contributed by atoms with Crippen molar-refractivity contribution in [2.24, 2.45) is 0 Å². The Labute approximate surface area is 189 Å². The molecule has 2 aromatic heterocycles. The Kier molecular flexibility index (Phi) is 5.92. The third kappa shape index (κ3) is 4.68. The molecule has 31 heavy (non-hydrogen) atoms. The fourth-order valence-corrected chi connectivity index (χ4v) is 4.38. The summed E-state index contributed by atoms with van der Waals surface area (Å²) in [5, 5.41) is -0.389. The van der Waals surface area contributed by atoms with Crippen molar-refractivity contribution in [3.63, 3.8) is 0 Å². The van der Waals surface area contributed by atoms with Gasteiger partial charge in [-0.1, -0.05) is 41.6 Å². The van der Waals surface area contributed by atoms with Gasteiger partial charge in [0.15, 0.2) is 0 Å². The molecule has 10 heteroatoms. The molecule has 0 atom stereocenters. The first-order valence-corrected chi connectivity index (χ1v) is 10.4. The number of amides is 1. The molecule has 4 nitrogen and oxygen atoms in total. The van der Waals surface area contributed by atoms with Crippen molar-refractivity contribution in [3.8, 4) is 11.3 Å². The van der Waals surface area contributed by atoms with Gasteiger partial charge in [-0.3, -0.25) is 14.7 Å². The van der Waals surface area contributed by atoms with Crippen LogP contribution in [0.15, 0.2) is 64.2 Å². The first kappa shape index (κ1) is 21.6. The molecule has 0 saturated carbocycles. The van der Waals surface area contributed by atoms with Crippen LogP contribution in [0.1, 0.15) is 16.9 Å². The Morgan fingerprint density at radius 1 is 1.23 bits per heavy atom. The fraction of sp³-hybridized carbons (Fsp3) is 0.0952. The number of hydrogen-bond acceptors (Lipinski definition) is 5. The van der Waals surface area contributed by atoms with Crippen LogP contribution in [0.2, 0.25) is 5.02 Å². The Hall–Kier alpha value is -2.62. The number of furan rings is 1. The number of halogens is 4. The standard InChI is InChI=1S/C21H12ClF3N2O2S2/c22-16-5-3-13(8-15(16)21(23,24)25)17-6-4-14(29-17)9-18-19(28)27(20(30)31-18)11-12-2-1-7-26-10-12/h1-10H,11H2/b18-9+. The van der Waals surface area contributed by atoms with E-state index in [0.29, 0.717) is 21.5 Å². The molecule has 1 aliphatic heterocycles. The molecule has 1 saturated heterocycles. The molecule has 0 bridgehead atoms. The maximum Gasteiger partial charge on any atom is 0.417 e. The van der Waals surface area contributed by atoms with Gasteiger partial charge >= 0.3 is 6.18 Å². The second-order valence-corrected chi connectivity index (χ2v) is 8.61. The van der Waals surface area contributed by atoms with E-state index in [4.69, 9.17) is 28.2 Å². The number of pyridine rings is 1. The third-order valence-corrected chi connectivity index (χ3v) is 6.10. The van der Waals surface area contributed by atoms with Crippen molar-refractivity contribution in [2.45, 2.75) is 12.7 Å². The fourth-order valence-electron chi connectivity index (χ4n) is 2.92. The molecule has 0 aliphatic carbocycles. The van der Waals surface area contributed by atoms with Gasteiger partial charge in [0.25, 0.3) is 5.91 Å². The van der Waals surface area contributed by atoms with Crippen LogP contribution in [-0.4, -0.2) is 20.1 Å². The van der Waals surface area contributed by atoms with Crippen molar-refractivity contribution < 1.29 is 22.4 Å². The molecule has 1 aromatic carbocycles. The van der Waals surface area contributed by atoms with E-state index in [2.05, 4.69) is 4.98 Å². The number of hydrogen-bond donors (Lipinski definition) is 0. The highest BCUT2D eigenvalue weighted by atomic mass is 35.5. The second-order valence-electron chi connectivity index (χ2n) is 6.52. The van der Waals surface area contributed by atoms with Crippen LogP contribution >= 0.6 is 35.6 Å². The average Bonchev–Trinajstić information content (AvgIpc) is 3.29. The predicted octanol–water partition coefficient (Wildman–Crippen LogP) is 6.42. The zero-order valence-corrected chi connectivity index (χ0v) is 17.9. The normalized spacial score (nSPS) is 15.9. The molecule has 0 spiro atoms. The monoisotopic (exact) mass is 480 g/mol. The molecule has 1 amide bonds. The van der Waals surface area contributed by atoms with Crippen LogP contribution in [0.5, 0.6) is 0 Å². The van der Waals surface area contributed by atoms with Crippen LogP contribution in [0, 0.1) is 0 Å². The van der Waals surface area contributed by atoms with Gasteiger partial charge < -0.3 is 4.42 Å². The Balaban J connectivity index is 1.56. The molecule has 0 unspecified atom stereocenters. The minimum absolute atomic E-state index is 0.222. The van der Waals surface area contributed by atoms with Gasteiger partial charge in [-0.05, 0) is 42.0 Å². The summed E-state index contributed by atoms with van der Waals surface area (Å²) in [6, 6.07) is 10.3. The molecule has 158 valence electrons. The van der Waals surface area contributed by atoms with E-state index >= 15 is 0 Å². The molecule has 1 aliphatic rings. The first-order valence-electron chi connectivity index (χ1n) is 8.83. The zero-order valence-electron chi connectivity index (χ0n) is 15.5. The second kappa shape index (κ2) is 8.49. The molecule has 3 heterocycles. The lowest BCUT2D eigenvalue weighted by Crippen LogP contribution is -2.27. The SMILES string of the molecule is O=C1/C(=C\c2ccc(-c3ccc(Cl)c(C(F)(F)F)c3)o2)SC(=S)N1Cc1cccnc1. The molecule has 1 fully saturated rings. The number of carbonyl (C=O) groups is 1. The average molecular weight is 481 g/mol. The Morgan fingerprint density at radius 2 is 2.03 bits per heavy atom. The summed E-state index contributed by atoms with van der Waals surface area (Å²) in [7, 11) is 0. The highest BCUT2D eigenvalue weighted by molar-refractivity contribution is 8.26. The van der Waals surface area contributed by atoms with Crippen LogP contribution in [0.25, 0.3) is 17.4 Å². The summed E-state index contributed by atoms with van der Waals surface area (Å²) in [6.07, 6.45) is 0.237. The smallest absolute Gasteiger partial charge is 0.417 e. The predicted molar refractivity (Wildman–Crippen MR) is 117 cm³/mol. The minimum Gasteiger partial charge on any atom is -0.457 e.